The van der Waals surface area contributed by atoms with Crippen molar-refractivity contribution in [1.29, 1.82) is 0 Å². The van der Waals surface area contributed by atoms with Crippen LogP contribution < -0.4 is 24.2 Å². The molecule has 2 aliphatic rings. The maximum absolute atomic E-state index is 5.79. The van der Waals surface area contributed by atoms with Crippen LogP contribution in [0.1, 0.15) is 56.2 Å². The Morgan fingerprint density at radius 1 is 1.26 bits per heavy atom. The number of unbranched alkanes of at least 4 members (excludes halogenated alkanes) is 1. The quantitative estimate of drug-likeness (QED) is 0.657. The molecule has 0 aromatic carbocycles. The van der Waals surface area contributed by atoms with Crippen molar-refractivity contribution < 1.29 is 28.3 Å². The molecular formula is C17H29LiN2O2S. The first-order valence-electron chi connectivity index (χ1n) is 8.28. The van der Waals surface area contributed by atoms with Crippen molar-refractivity contribution in [2.24, 2.45) is 0 Å². The first-order chi connectivity index (χ1) is 10.6. The standard InChI is InChI=1S/C13H20N2O2S.C4H9.Li/c1-10-9-18-11(15-10)12(14-2)3-5-13(6-4-12)16-7-8-17-13;1-3-4-2;/h9,14H,3-8H2,1-2H3;1,3-4H2,2H3;/q;-1;+1. The predicted octanol–water partition coefficient (Wildman–Crippen LogP) is 0.808. The van der Waals surface area contributed by atoms with Gasteiger partial charge in [-0.1, -0.05) is 13.3 Å². The van der Waals surface area contributed by atoms with E-state index in [0.29, 0.717) is 0 Å². The summed E-state index contributed by atoms with van der Waals surface area (Å²) in [6, 6.07) is 0. The SMILES string of the molecule is CNC1(c2nc(C)cs2)CCC2(CC1)OCCO2.[CH2-]CCC.[Li+]. The molecule has 0 unspecified atom stereocenters. The van der Waals surface area contributed by atoms with Gasteiger partial charge in [0.15, 0.2) is 5.79 Å². The molecule has 1 aliphatic heterocycles. The Labute approximate surface area is 156 Å². The second kappa shape index (κ2) is 9.55. The van der Waals surface area contributed by atoms with Crippen molar-refractivity contribution >= 4 is 11.3 Å². The molecule has 1 saturated carbocycles. The zero-order valence-electron chi connectivity index (χ0n) is 15.1. The number of nitrogens with zero attached hydrogens (tertiary/aromatic N) is 1. The minimum Gasteiger partial charge on any atom is -0.348 e. The van der Waals surface area contributed by atoms with Crippen LogP contribution in [0, 0.1) is 13.8 Å². The number of hydrogen-bond acceptors (Lipinski definition) is 5. The van der Waals surface area contributed by atoms with Crippen LogP contribution in [0.3, 0.4) is 0 Å². The second-order valence-electron chi connectivity index (χ2n) is 6.09. The van der Waals surface area contributed by atoms with Gasteiger partial charge >= 0.3 is 18.9 Å². The van der Waals surface area contributed by atoms with Gasteiger partial charge in [-0.15, -0.1) is 11.3 Å². The first kappa shape index (κ1) is 21.2. The monoisotopic (exact) mass is 332 g/mol. The summed E-state index contributed by atoms with van der Waals surface area (Å²) in [6.07, 6.45) is 6.23. The molecule has 1 aromatic rings. The third-order valence-electron chi connectivity index (χ3n) is 4.54. The van der Waals surface area contributed by atoms with Crippen LogP contribution in [0.5, 0.6) is 0 Å². The van der Waals surface area contributed by atoms with Gasteiger partial charge in [0.25, 0.3) is 0 Å². The smallest absolute Gasteiger partial charge is 0.348 e. The summed E-state index contributed by atoms with van der Waals surface area (Å²) in [4.78, 5) is 4.67. The molecule has 1 saturated heterocycles. The van der Waals surface area contributed by atoms with E-state index in [9.17, 15) is 0 Å². The van der Waals surface area contributed by atoms with Crippen molar-refractivity contribution in [2.45, 2.75) is 63.7 Å². The third kappa shape index (κ3) is 5.04. The molecular weight excluding hydrogens is 303 g/mol. The average molecular weight is 332 g/mol. The number of thiazole rings is 1. The first-order valence-corrected chi connectivity index (χ1v) is 9.16. The number of aryl methyl sites for hydroxylation is 1. The van der Waals surface area contributed by atoms with E-state index in [4.69, 9.17) is 9.47 Å². The maximum atomic E-state index is 5.79. The van der Waals surface area contributed by atoms with Crippen molar-refractivity contribution in [3.63, 3.8) is 0 Å². The van der Waals surface area contributed by atoms with Crippen molar-refractivity contribution in [2.75, 3.05) is 20.3 Å². The molecule has 0 radical (unpaired) electrons. The van der Waals surface area contributed by atoms with E-state index in [1.165, 1.54) is 11.4 Å². The van der Waals surface area contributed by atoms with Gasteiger partial charge in [0.1, 0.15) is 5.01 Å². The topological polar surface area (TPSA) is 43.4 Å². The fraction of sp³-hybridized carbons (Fsp3) is 0.765. The molecule has 126 valence electrons. The van der Waals surface area contributed by atoms with Gasteiger partial charge in [-0.05, 0) is 26.8 Å². The molecule has 4 nitrogen and oxygen atoms in total. The van der Waals surface area contributed by atoms with Crippen molar-refractivity contribution in [3.8, 4) is 0 Å². The Hall–Kier alpha value is 0.107. The minimum atomic E-state index is -0.299. The molecule has 0 atom stereocenters. The molecule has 0 amide bonds. The van der Waals surface area contributed by atoms with E-state index in [-0.39, 0.29) is 30.2 Å². The average Bonchev–Trinajstić information content (AvgIpc) is 3.19. The molecule has 1 spiro atoms. The van der Waals surface area contributed by atoms with Crippen LogP contribution in [0.2, 0.25) is 0 Å². The Bertz CT molecular complexity index is 449. The van der Waals surface area contributed by atoms with E-state index in [1.54, 1.807) is 11.3 Å². The number of nitrogens with one attached hydrogen (secondary N) is 1. The normalized spacial score (nSPS) is 21.4. The van der Waals surface area contributed by atoms with Crippen molar-refractivity contribution in [1.82, 2.24) is 10.3 Å². The van der Waals surface area contributed by atoms with Crippen LogP contribution >= 0.6 is 11.3 Å². The van der Waals surface area contributed by atoms with Gasteiger partial charge in [-0.3, -0.25) is 0 Å². The molecule has 3 rings (SSSR count). The largest absolute Gasteiger partial charge is 1.00 e. The van der Waals surface area contributed by atoms with Gasteiger partial charge in [0, 0.05) is 23.9 Å². The van der Waals surface area contributed by atoms with Crippen LogP contribution in [0.4, 0.5) is 0 Å². The van der Waals surface area contributed by atoms with Crippen molar-refractivity contribution in [3.05, 3.63) is 23.0 Å². The molecule has 1 aromatic heterocycles. The fourth-order valence-electron chi connectivity index (χ4n) is 2.99. The maximum Gasteiger partial charge on any atom is 1.00 e. The summed E-state index contributed by atoms with van der Waals surface area (Å²) in [6.45, 7) is 9.25. The Morgan fingerprint density at radius 3 is 2.22 bits per heavy atom. The van der Waals surface area contributed by atoms with Crippen LogP contribution in [-0.2, 0) is 15.0 Å². The number of rotatable bonds is 3. The second-order valence-corrected chi connectivity index (χ2v) is 6.95. The zero-order chi connectivity index (χ0) is 16.1. The summed E-state index contributed by atoms with van der Waals surface area (Å²) < 4.78 is 11.6. The molecule has 0 bridgehead atoms. The predicted molar refractivity (Wildman–Crippen MR) is 91.0 cm³/mol. The molecule has 2 fully saturated rings. The van der Waals surface area contributed by atoms with E-state index >= 15 is 0 Å². The van der Waals surface area contributed by atoms with Gasteiger partial charge in [0.2, 0.25) is 0 Å². The third-order valence-corrected chi connectivity index (χ3v) is 5.70. The minimum absolute atomic E-state index is 0. The molecule has 6 heteroatoms. The number of ether oxygens (including phenoxy) is 2. The molecule has 23 heavy (non-hydrogen) atoms. The molecule has 2 heterocycles. The van der Waals surface area contributed by atoms with Gasteiger partial charge < -0.3 is 21.7 Å². The van der Waals surface area contributed by atoms with Gasteiger partial charge in [-0.2, -0.15) is 6.42 Å². The Kier molecular flexibility index (Phi) is 8.79. The molecule has 1 aliphatic carbocycles. The van der Waals surface area contributed by atoms with Gasteiger partial charge in [-0.25, -0.2) is 4.98 Å². The molecule has 1 N–H and O–H groups in total. The van der Waals surface area contributed by atoms with Crippen LogP contribution in [0.15, 0.2) is 5.38 Å². The van der Waals surface area contributed by atoms with E-state index < -0.39 is 0 Å². The fourth-order valence-corrected chi connectivity index (χ4v) is 4.05. The van der Waals surface area contributed by atoms with Gasteiger partial charge in [0.05, 0.1) is 18.8 Å². The number of aromatic nitrogens is 1. The van der Waals surface area contributed by atoms with Crippen LogP contribution in [-0.4, -0.2) is 31.0 Å². The van der Waals surface area contributed by atoms with E-state index in [2.05, 4.69) is 36.5 Å². The number of hydrogen-bond donors (Lipinski definition) is 1. The summed E-state index contributed by atoms with van der Waals surface area (Å²) in [5, 5.41) is 6.82. The van der Waals surface area contributed by atoms with Crippen LogP contribution in [0.25, 0.3) is 0 Å². The zero-order valence-corrected chi connectivity index (χ0v) is 15.9. The van der Waals surface area contributed by atoms with E-state index in [0.717, 1.165) is 51.0 Å². The Balaban J connectivity index is 0.000000478. The summed E-state index contributed by atoms with van der Waals surface area (Å²) >= 11 is 1.76. The van der Waals surface area contributed by atoms with E-state index in [1.807, 2.05) is 7.05 Å². The summed E-state index contributed by atoms with van der Waals surface area (Å²) in [7, 11) is 2.03. The Morgan fingerprint density at radius 2 is 1.83 bits per heavy atom. The summed E-state index contributed by atoms with van der Waals surface area (Å²) in [5.74, 6) is -0.299. The summed E-state index contributed by atoms with van der Waals surface area (Å²) in [5.41, 5.74) is 1.12.